The molecule has 0 atom stereocenters. The number of rotatable bonds is 3. The number of fused-ring (bicyclic) bond motifs is 1. The lowest BCUT2D eigenvalue weighted by atomic mass is 10.3. The van der Waals surface area contributed by atoms with Gasteiger partial charge in [0, 0.05) is 36.3 Å². The Morgan fingerprint density at radius 3 is 2.79 bits per heavy atom. The summed E-state index contributed by atoms with van der Waals surface area (Å²) in [6.07, 6.45) is 5.29. The van der Waals surface area contributed by atoms with E-state index in [1.54, 1.807) is 36.0 Å². The Morgan fingerprint density at radius 1 is 1.17 bits per heavy atom. The molecule has 6 nitrogen and oxygen atoms in total. The molecule has 0 aromatic carbocycles. The molecule has 0 aliphatic heterocycles. The van der Waals surface area contributed by atoms with Crippen LogP contribution < -0.4 is 10.9 Å². The minimum absolute atomic E-state index is 0.146. The second-order valence-corrected chi connectivity index (χ2v) is 6.38. The van der Waals surface area contributed by atoms with Crippen LogP contribution in [0.1, 0.15) is 5.56 Å². The van der Waals surface area contributed by atoms with Gasteiger partial charge in [-0.05, 0) is 30.7 Å². The maximum Gasteiger partial charge on any atom is 0.249 e. The predicted octanol–water partition coefficient (Wildman–Crippen LogP) is 3.49. The number of H-pyrrole nitrogens is 1. The van der Waals surface area contributed by atoms with E-state index in [2.05, 4.69) is 25.3 Å². The van der Waals surface area contributed by atoms with Crippen molar-refractivity contribution in [1.82, 2.24) is 19.9 Å². The summed E-state index contributed by atoms with van der Waals surface area (Å²) in [4.78, 5) is 27.4. The summed E-state index contributed by atoms with van der Waals surface area (Å²) >= 11 is 1.58. The summed E-state index contributed by atoms with van der Waals surface area (Å²) in [6, 6.07) is 9.14. The normalized spacial score (nSPS) is 10.9. The van der Waals surface area contributed by atoms with Crippen LogP contribution in [0.2, 0.25) is 0 Å². The van der Waals surface area contributed by atoms with Gasteiger partial charge in [0.15, 0.2) is 0 Å². The molecule has 0 amide bonds. The van der Waals surface area contributed by atoms with E-state index in [0.29, 0.717) is 11.6 Å². The Morgan fingerprint density at radius 2 is 2.00 bits per heavy atom. The van der Waals surface area contributed by atoms with Crippen LogP contribution in [0.15, 0.2) is 53.7 Å². The molecule has 4 rings (SSSR count). The zero-order chi connectivity index (χ0) is 16.5. The average Bonchev–Trinajstić information content (AvgIpc) is 2.98. The highest BCUT2D eigenvalue weighted by atomic mass is 32.1. The van der Waals surface area contributed by atoms with Crippen molar-refractivity contribution in [3.8, 4) is 10.6 Å². The number of thiazole rings is 1. The molecule has 0 aliphatic rings. The minimum Gasteiger partial charge on any atom is -0.326 e. The molecule has 0 spiro atoms. The molecule has 4 aromatic rings. The first-order valence-electron chi connectivity index (χ1n) is 7.32. The van der Waals surface area contributed by atoms with E-state index in [1.807, 2.05) is 31.2 Å². The minimum atomic E-state index is -0.146. The number of pyridine rings is 3. The van der Waals surface area contributed by atoms with Crippen LogP contribution in [0.25, 0.3) is 20.8 Å². The second-order valence-electron chi connectivity index (χ2n) is 5.35. The molecule has 0 saturated heterocycles. The average molecular weight is 335 g/mol. The van der Waals surface area contributed by atoms with Crippen LogP contribution in [-0.2, 0) is 0 Å². The molecule has 0 radical (unpaired) electrons. The molecule has 0 saturated carbocycles. The Labute approximate surface area is 141 Å². The van der Waals surface area contributed by atoms with E-state index in [-0.39, 0.29) is 5.56 Å². The van der Waals surface area contributed by atoms with Gasteiger partial charge in [-0.2, -0.15) is 0 Å². The number of hydrogen-bond donors (Lipinski definition) is 2. The molecule has 118 valence electrons. The van der Waals surface area contributed by atoms with Crippen LogP contribution in [0, 0.1) is 6.92 Å². The van der Waals surface area contributed by atoms with E-state index in [9.17, 15) is 4.79 Å². The number of hydrogen-bond acceptors (Lipinski definition) is 6. The van der Waals surface area contributed by atoms with E-state index < -0.39 is 0 Å². The number of anilines is 2. The molecule has 24 heavy (non-hydrogen) atoms. The van der Waals surface area contributed by atoms with Crippen molar-refractivity contribution in [3.63, 3.8) is 0 Å². The molecule has 4 aromatic heterocycles. The predicted molar refractivity (Wildman–Crippen MR) is 95.7 cm³/mol. The number of aryl methyl sites for hydroxylation is 1. The highest BCUT2D eigenvalue weighted by Crippen LogP contribution is 2.30. The van der Waals surface area contributed by atoms with Gasteiger partial charge in [0.2, 0.25) is 5.56 Å². The standard InChI is InChI=1S/C17H13N5OS/c1-10-6-15(22-16(23)7-10)21-14-8-12-13(9-19-14)24-17(20-12)11-2-4-18-5-3-11/h2-9H,1H3,(H2,19,21,22,23). The van der Waals surface area contributed by atoms with Crippen molar-refractivity contribution >= 4 is 33.2 Å². The van der Waals surface area contributed by atoms with Gasteiger partial charge in [-0.1, -0.05) is 0 Å². The summed E-state index contributed by atoms with van der Waals surface area (Å²) in [5, 5.41) is 4.04. The first kappa shape index (κ1) is 14.5. The monoisotopic (exact) mass is 335 g/mol. The summed E-state index contributed by atoms with van der Waals surface area (Å²) in [7, 11) is 0. The summed E-state index contributed by atoms with van der Waals surface area (Å²) in [5.74, 6) is 1.24. The van der Waals surface area contributed by atoms with Crippen molar-refractivity contribution in [2.45, 2.75) is 6.92 Å². The topological polar surface area (TPSA) is 83.6 Å². The molecule has 0 fully saturated rings. The SMILES string of the molecule is Cc1cc(Nc2cc3nc(-c4ccncc4)sc3cn2)[nH]c(=O)c1. The van der Waals surface area contributed by atoms with Crippen LogP contribution in [0.5, 0.6) is 0 Å². The molecule has 0 bridgehead atoms. The lowest BCUT2D eigenvalue weighted by Gasteiger charge is -2.05. The van der Waals surface area contributed by atoms with E-state index in [0.717, 1.165) is 26.4 Å². The molecule has 0 unspecified atom stereocenters. The number of nitrogens with zero attached hydrogens (tertiary/aromatic N) is 3. The van der Waals surface area contributed by atoms with Gasteiger partial charge >= 0.3 is 0 Å². The van der Waals surface area contributed by atoms with Crippen LogP contribution in [0.4, 0.5) is 11.6 Å². The van der Waals surface area contributed by atoms with E-state index in [1.165, 1.54) is 0 Å². The quantitative estimate of drug-likeness (QED) is 0.599. The molecular formula is C17H13N5OS. The van der Waals surface area contributed by atoms with Crippen molar-refractivity contribution in [3.05, 3.63) is 64.8 Å². The second kappa shape index (κ2) is 5.86. The smallest absolute Gasteiger partial charge is 0.249 e. The zero-order valence-electron chi connectivity index (χ0n) is 12.8. The summed E-state index contributed by atoms with van der Waals surface area (Å²) < 4.78 is 1.00. The maximum absolute atomic E-state index is 11.5. The van der Waals surface area contributed by atoms with E-state index >= 15 is 0 Å². The van der Waals surface area contributed by atoms with Crippen LogP contribution in [0.3, 0.4) is 0 Å². The van der Waals surface area contributed by atoms with E-state index in [4.69, 9.17) is 0 Å². The van der Waals surface area contributed by atoms with Crippen molar-refractivity contribution in [2.24, 2.45) is 0 Å². The maximum atomic E-state index is 11.5. The van der Waals surface area contributed by atoms with Crippen LogP contribution in [-0.4, -0.2) is 19.9 Å². The molecule has 2 N–H and O–H groups in total. The van der Waals surface area contributed by atoms with Crippen LogP contribution >= 0.6 is 11.3 Å². The van der Waals surface area contributed by atoms with Gasteiger partial charge < -0.3 is 10.3 Å². The molecular weight excluding hydrogens is 322 g/mol. The Kier molecular flexibility index (Phi) is 3.55. The first-order chi connectivity index (χ1) is 11.7. The van der Waals surface area contributed by atoms with Crippen molar-refractivity contribution < 1.29 is 0 Å². The third-order valence-electron chi connectivity index (χ3n) is 3.45. The highest BCUT2D eigenvalue weighted by Gasteiger charge is 2.08. The largest absolute Gasteiger partial charge is 0.326 e. The van der Waals surface area contributed by atoms with Gasteiger partial charge in [-0.3, -0.25) is 9.78 Å². The lowest BCUT2D eigenvalue weighted by Crippen LogP contribution is -2.08. The Hall–Kier alpha value is -3.06. The fourth-order valence-corrected chi connectivity index (χ4v) is 3.33. The lowest BCUT2D eigenvalue weighted by molar-refractivity contribution is 1.19. The van der Waals surface area contributed by atoms with Crippen molar-refractivity contribution in [1.29, 1.82) is 0 Å². The molecule has 7 heteroatoms. The Bertz CT molecular complexity index is 1070. The number of aromatic amines is 1. The zero-order valence-corrected chi connectivity index (χ0v) is 13.6. The first-order valence-corrected chi connectivity index (χ1v) is 8.14. The van der Waals surface area contributed by atoms with Gasteiger partial charge in [-0.25, -0.2) is 9.97 Å². The van der Waals surface area contributed by atoms with Gasteiger partial charge in [0.1, 0.15) is 16.6 Å². The fourth-order valence-electron chi connectivity index (χ4n) is 2.41. The fraction of sp³-hybridized carbons (Fsp3) is 0.0588. The summed E-state index contributed by atoms with van der Waals surface area (Å²) in [5.41, 5.74) is 2.63. The van der Waals surface area contributed by atoms with Gasteiger partial charge in [-0.15, -0.1) is 11.3 Å². The van der Waals surface area contributed by atoms with Gasteiger partial charge in [0.25, 0.3) is 0 Å². The third-order valence-corrected chi connectivity index (χ3v) is 4.51. The number of nitrogens with one attached hydrogen (secondary N) is 2. The Balaban J connectivity index is 1.69. The van der Waals surface area contributed by atoms with Gasteiger partial charge in [0.05, 0.1) is 10.2 Å². The molecule has 0 aliphatic carbocycles. The van der Waals surface area contributed by atoms with Crippen molar-refractivity contribution in [2.75, 3.05) is 5.32 Å². The highest BCUT2D eigenvalue weighted by molar-refractivity contribution is 7.21. The number of aromatic nitrogens is 4. The summed E-state index contributed by atoms with van der Waals surface area (Å²) in [6.45, 7) is 1.87. The molecule has 4 heterocycles. The third kappa shape index (κ3) is 2.89.